The van der Waals surface area contributed by atoms with E-state index in [0.29, 0.717) is 12.3 Å². The minimum Gasteiger partial charge on any atom is -0.481 e. The Balaban J connectivity index is 0.000000325. The molecule has 0 saturated heterocycles. The fraction of sp³-hybridized carbons (Fsp3) is 0.846. The molecule has 0 spiro atoms. The van der Waals surface area contributed by atoms with Gasteiger partial charge in [0.25, 0.3) is 0 Å². The van der Waals surface area contributed by atoms with Crippen molar-refractivity contribution in [2.45, 2.75) is 52.9 Å². The van der Waals surface area contributed by atoms with E-state index >= 15 is 0 Å². The molecule has 1 saturated carbocycles. The van der Waals surface area contributed by atoms with Crippen molar-refractivity contribution in [2.75, 3.05) is 0 Å². The van der Waals surface area contributed by atoms with Crippen LogP contribution in [0.5, 0.6) is 0 Å². The number of carboxylic acid groups (broad SMARTS) is 2. The molecule has 0 aromatic heterocycles. The second-order valence-corrected chi connectivity index (χ2v) is 4.89. The van der Waals surface area contributed by atoms with Gasteiger partial charge in [-0.25, -0.2) is 0 Å². The van der Waals surface area contributed by atoms with Crippen LogP contribution in [0.1, 0.15) is 52.9 Å². The van der Waals surface area contributed by atoms with Crippen LogP contribution in [0.3, 0.4) is 0 Å². The number of hydrogen-bond donors (Lipinski definition) is 2. The van der Waals surface area contributed by atoms with Gasteiger partial charge in [-0.15, -0.1) is 0 Å². The lowest BCUT2D eigenvalue weighted by Gasteiger charge is -2.05. The van der Waals surface area contributed by atoms with Crippen LogP contribution >= 0.6 is 0 Å². The van der Waals surface area contributed by atoms with Crippen molar-refractivity contribution in [1.82, 2.24) is 0 Å². The van der Waals surface area contributed by atoms with E-state index in [9.17, 15) is 9.59 Å². The van der Waals surface area contributed by atoms with Crippen molar-refractivity contribution < 1.29 is 19.8 Å². The third-order valence-corrected chi connectivity index (χ3v) is 3.27. The van der Waals surface area contributed by atoms with E-state index < -0.39 is 11.9 Å². The van der Waals surface area contributed by atoms with Gasteiger partial charge in [0.2, 0.25) is 0 Å². The Kier molecular flexibility index (Phi) is 7.59. The highest BCUT2D eigenvalue weighted by Crippen LogP contribution is 2.38. The second kappa shape index (κ2) is 8.09. The first-order valence-electron chi connectivity index (χ1n) is 6.33. The zero-order valence-corrected chi connectivity index (χ0v) is 11.0. The Morgan fingerprint density at radius 3 is 2.00 bits per heavy atom. The van der Waals surface area contributed by atoms with Crippen molar-refractivity contribution in [1.29, 1.82) is 0 Å². The van der Waals surface area contributed by atoms with Gasteiger partial charge < -0.3 is 10.2 Å². The highest BCUT2D eigenvalue weighted by atomic mass is 16.4. The summed E-state index contributed by atoms with van der Waals surface area (Å²) in [6, 6.07) is 0. The third-order valence-electron chi connectivity index (χ3n) is 3.27. The Labute approximate surface area is 103 Å². The van der Waals surface area contributed by atoms with E-state index in [2.05, 4.69) is 6.92 Å². The zero-order chi connectivity index (χ0) is 13.4. The van der Waals surface area contributed by atoms with E-state index in [4.69, 9.17) is 10.2 Å². The first-order chi connectivity index (χ1) is 7.88. The van der Waals surface area contributed by atoms with Crippen molar-refractivity contribution in [3.8, 4) is 0 Å². The standard InChI is InChI=1S/C8H14O2.C5H10O2/c1-6(7-3-4-7)2-5-8(9)10;1-3-4(2)5(6)7/h6-7H,2-5H2,1H3,(H,9,10);4H,3H2,1-2H3,(H,6,7). The van der Waals surface area contributed by atoms with Crippen LogP contribution in [-0.2, 0) is 9.59 Å². The van der Waals surface area contributed by atoms with Crippen LogP contribution in [-0.4, -0.2) is 22.2 Å². The summed E-state index contributed by atoms with van der Waals surface area (Å²) in [5, 5.41) is 16.5. The quantitative estimate of drug-likeness (QED) is 0.753. The van der Waals surface area contributed by atoms with E-state index in [0.717, 1.165) is 18.8 Å². The molecule has 100 valence electrons. The summed E-state index contributed by atoms with van der Waals surface area (Å²) in [6.45, 7) is 5.71. The molecule has 0 bridgehead atoms. The summed E-state index contributed by atoms with van der Waals surface area (Å²) in [7, 11) is 0. The fourth-order valence-electron chi connectivity index (χ4n) is 1.43. The van der Waals surface area contributed by atoms with Crippen LogP contribution < -0.4 is 0 Å². The van der Waals surface area contributed by atoms with Gasteiger partial charge in [-0.05, 0) is 37.5 Å². The summed E-state index contributed by atoms with van der Waals surface area (Å²) in [4.78, 5) is 20.1. The molecule has 17 heavy (non-hydrogen) atoms. The molecule has 4 nitrogen and oxygen atoms in total. The molecule has 1 fully saturated rings. The highest BCUT2D eigenvalue weighted by molar-refractivity contribution is 5.69. The lowest BCUT2D eigenvalue weighted by atomic mass is 10.0. The molecular weight excluding hydrogens is 220 g/mol. The highest BCUT2D eigenvalue weighted by Gasteiger charge is 2.27. The molecule has 0 aliphatic heterocycles. The van der Waals surface area contributed by atoms with Crippen molar-refractivity contribution in [3.63, 3.8) is 0 Å². The summed E-state index contributed by atoms with van der Waals surface area (Å²) in [5.41, 5.74) is 0. The number of carbonyl (C=O) groups is 2. The van der Waals surface area contributed by atoms with Gasteiger partial charge in [-0.2, -0.15) is 0 Å². The van der Waals surface area contributed by atoms with Gasteiger partial charge in [0.1, 0.15) is 0 Å². The Morgan fingerprint density at radius 1 is 1.24 bits per heavy atom. The van der Waals surface area contributed by atoms with E-state index in [-0.39, 0.29) is 5.92 Å². The zero-order valence-electron chi connectivity index (χ0n) is 11.0. The minimum absolute atomic E-state index is 0.181. The Morgan fingerprint density at radius 2 is 1.76 bits per heavy atom. The molecule has 1 rings (SSSR count). The molecule has 2 N–H and O–H groups in total. The lowest BCUT2D eigenvalue weighted by molar-refractivity contribution is -0.141. The first kappa shape index (κ1) is 15.9. The predicted octanol–water partition coefficient (Wildman–Crippen LogP) is 3.01. The summed E-state index contributed by atoms with van der Waals surface area (Å²) < 4.78 is 0. The lowest BCUT2D eigenvalue weighted by Crippen LogP contribution is -2.06. The van der Waals surface area contributed by atoms with Crippen molar-refractivity contribution in [2.24, 2.45) is 17.8 Å². The van der Waals surface area contributed by atoms with Gasteiger partial charge in [0.05, 0.1) is 5.92 Å². The number of rotatable bonds is 6. The van der Waals surface area contributed by atoms with Gasteiger partial charge in [-0.1, -0.05) is 20.8 Å². The Hall–Kier alpha value is -1.06. The maximum Gasteiger partial charge on any atom is 0.306 e. The van der Waals surface area contributed by atoms with Gasteiger partial charge in [0, 0.05) is 6.42 Å². The Bertz CT molecular complexity index is 246. The second-order valence-electron chi connectivity index (χ2n) is 4.89. The first-order valence-corrected chi connectivity index (χ1v) is 6.33. The molecule has 2 unspecified atom stereocenters. The van der Waals surface area contributed by atoms with Gasteiger partial charge in [-0.3, -0.25) is 9.59 Å². The minimum atomic E-state index is -0.706. The summed E-state index contributed by atoms with van der Waals surface area (Å²) >= 11 is 0. The fourth-order valence-corrected chi connectivity index (χ4v) is 1.43. The topological polar surface area (TPSA) is 74.6 Å². The van der Waals surface area contributed by atoms with Crippen LogP contribution in [0.15, 0.2) is 0 Å². The van der Waals surface area contributed by atoms with Crippen LogP contribution in [0, 0.1) is 17.8 Å². The van der Waals surface area contributed by atoms with E-state index in [1.54, 1.807) is 6.92 Å². The molecule has 0 radical (unpaired) electrons. The normalized spacial score (nSPS) is 17.6. The smallest absolute Gasteiger partial charge is 0.306 e. The number of carboxylic acids is 2. The van der Waals surface area contributed by atoms with Crippen molar-refractivity contribution in [3.05, 3.63) is 0 Å². The van der Waals surface area contributed by atoms with Crippen LogP contribution in [0.25, 0.3) is 0 Å². The largest absolute Gasteiger partial charge is 0.481 e. The molecule has 4 heteroatoms. The predicted molar refractivity (Wildman–Crippen MR) is 65.8 cm³/mol. The van der Waals surface area contributed by atoms with Gasteiger partial charge in [0.15, 0.2) is 0 Å². The molecular formula is C13H24O4. The number of aliphatic carboxylic acids is 2. The SMILES string of the molecule is CC(CCC(=O)O)C1CC1.CCC(C)C(=O)O. The summed E-state index contributed by atoms with van der Waals surface area (Å²) in [5.74, 6) is -0.0644. The van der Waals surface area contributed by atoms with Gasteiger partial charge >= 0.3 is 11.9 Å². The van der Waals surface area contributed by atoms with Crippen molar-refractivity contribution >= 4 is 11.9 Å². The molecule has 0 heterocycles. The maximum absolute atomic E-state index is 10.1. The number of hydrogen-bond acceptors (Lipinski definition) is 2. The summed E-state index contributed by atoms with van der Waals surface area (Å²) in [6.07, 6.45) is 4.56. The average Bonchev–Trinajstić information content (AvgIpc) is 3.09. The maximum atomic E-state index is 10.1. The van der Waals surface area contributed by atoms with E-state index in [1.807, 2.05) is 6.92 Å². The molecule has 1 aliphatic rings. The van der Waals surface area contributed by atoms with Crippen LogP contribution in [0.4, 0.5) is 0 Å². The molecule has 2 atom stereocenters. The molecule has 0 amide bonds. The average molecular weight is 244 g/mol. The third kappa shape index (κ3) is 8.72. The molecule has 0 aromatic rings. The monoisotopic (exact) mass is 244 g/mol. The molecule has 1 aliphatic carbocycles. The van der Waals surface area contributed by atoms with E-state index in [1.165, 1.54) is 12.8 Å². The molecule has 0 aromatic carbocycles. The van der Waals surface area contributed by atoms with Crippen LogP contribution in [0.2, 0.25) is 0 Å².